The normalized spacial score (nSPS) is 15.4. The van der Waals surface area contributed by atoms with E-state index in [-0.39, 0.29) is 5.82 Å². The van der Waals surface area contributed by atoms with E-state index in [1.165, 1.54) is 38.4 Å². The van der Waals surface area contributed by atoms with Gasteiger partial charge in [-0.25, -0.2) is 4.39 Å². The molecule has 1 atom stereocenters. The zero-order valence-corrected chi connectivity index (χ0v) is 22.9. The van der Waals surface area contributed by atoms with Crippen LogP contribution in [0.3, 0.4) is 0 Å². The summed E-state index contributed by atoms with van der Waals surface area (Å²) >= 11 is 0. The molecule has 1 N–H and O–H groups in total. The van der Waals surface area contributed by atoms with E-state index >= 15 is 0 Å². The Morgan fingerprint density at radius 2 is 1.86 bits per heavy atom. The number of anilines is 1. The molecule has 2 heterocycles. The predicted molar refractivity (Wildman–Crippen MR) is 146 cm³/mol. The molecule has 1 fully saturated rings. The number of hydrogen-bond donors (Lipinski definition) is 1. The van der Waals surface area contributed by atoms with Crippen molar-refractivity contribution >= 4 is 16.6 Å². The molecule has 0 saturated carbocycles. The van der Waals surface area contributed by atoms with Gasteiger partial charge in [0.1, 0.15) is 5.82 Å². The minimum absolute atomic E-state index is 0.248. The highest BCUT2D eigenvalue weighted by molar-refractivity contribution is 5.93. The molecule has 1 saturated heterocycles. The van der Waals surface area contributed by atoms with Gasteiger partial charge in [0.2, 0.25) is 0 Å². The Kier molecular flexibility index (Phi) is 9.03. The number of nitriles is 1. The summed E-state index contributed by atoms with van der Waals surface area (Å²) in [5.74, 6) is 1.28. The van der Waals surface area contributed by atoms with Crippen LogP contribution < -0.4 is 5.32 Å². The summed E-state index contributed by atoms with van der Waals surface area (Å²) in [4.78, 5) is 2.44. The van der Waals surface area contributed by atoms with E-state index in [4.69, 9.17) is 5.26 Å². The molecule has 1 aromatic heterocycles. The van der Waals surface area contributed by atoms with Crippen LogP contribution in [0.5, 0.6) is 0 Å². The lowest BCUT2D eigenvalue weighted by Gasteiger charge is -2.49. The van der Waals surface area contributed by atoms with Crippen molar-refractivity contribution in [2.75, 3.05) is 25.5 Å². The number of aryl methyl sites for hydroxylation is 2. The van der Waals surface area contributed by atoms with Crippen molar-refractivity contribution < 1.29 is 4.39 Å². The average Bonchev–Trinajstić information content (AvgIpc) is 2.84. The maximum Gasteiger partial charge on any atom is 0.156 e. The second-order valence-corrected chi connectivity index (χ2v) is 10.6. The van der Waals surface area contributed by atoms with Gasteiger partial charge in [0.15, 0.2) is 5.82 Å². The maximum atomic E-state index is 13.8. The van der Waals surface area contributed by atoms with Crippen LogP contribution in [0.4, 0.5) is 10.2 Å². The zero-order chi connectivity index (χ0) is 26.5. The second-order valence-electron chi connectivity index (χ2n) is 10.6. The molecule has 3 aromatic rings. The molecular formula is C30H40FN5. The van der Waals surface area contributed by atoms with Crippen molar-refractivity contribution in [1.82, 2.24) is 15.1 Å². The van der Waals surface area contributed by atoms with Crippen LogP contribution in [0, 0.1) is 49.3 Å². The minimum atomic E-state index is -0.248. The van der Waals surface area contributed by atoms with Gasteiger partial charge in [-0.2, -0.15) is 10.4 Å². The first-order valence-corrected chi connectivity index (χ1v) is 13.0. The molecule has 0 bridgehead atoms. The Hall–Kier alpha value is -3.04. The van der Waals surface area contributed by atoms with Gasteiger partial charge in [-0.3, -0.25) is 0 Å². The van der Waals surface area contributed by atoms with Gasteiger partial charge < -0.3 is 10.2 Å². The summed E-state index contributed by atoms with van der Waals surface area (Å²) in [6, 6.07) is 11.1. The van der Waals surface area contributed by atoms with Gasteiger partial charge in [0.05, 0.1) is 17.3 Å². The highest BCUT2D eigenvalue weighted by Gasteiger charge is 2.39. The van der Waals surface area contributed by atoms with E-state index < -0.39 is 0 Å². The number of rotatable bonds is 7. The number of fused-ring (bicyclic) bond motifs is 1. The van der Waals surface area contributed by atoms with Crippen LogP contribution in [0.2, 0.25) is 0 Å². The number of benzene rings is 2. The lowest BCUT2D eigenvalue weighted by molar-refractivity contribution is -0.00131. The molecule has 4 rings (SSSR count). The quantitative estimate of drug-likeness (QED) is 0.389. The zero-order valence-electron chi connectivity index (χ0n) is 22.9. The molecule has 1 unspecified atom stereocenters. The van der Waals surface area contributed by atoms with E-state index in [0.29, 0.717) is 34.6 Å². The average molecular weight is 490 g/mol. The number of nitrogens with one attached hydrogen (secondary N) is 1. The van der Waals surface area contributed by atoms with E-state index in [1.807, 2.05) is 26.0 Å². The Morgan fingerprint density at radius 1 is 1.14 bits per heavy atom. The number of aromatic nitrogens is 2. The monoisotopic (exact) mass is 489 g/mol. The van der Waals surface area contributed by atoms with Crippen LogP contribution in [-0.2, 0) is 6.54 Å². The molecule has 1 aliphatic rings. The molecule has 192 valence electrons. The fraction of sp³-hybridized carbons (Fsp3) is 0.500. The number of nitrogens with zero attached hydrogens (tertiary/aromatic N) is 4. The third kappa shape index (κ3) is 6.20. The fourth-order valence-electron chi connectivity index (χ4n) is 5.19. The van der Waals surface area contributed by atoms with Crippen LogP contribution in [0.1, 0.15) is 68.0 Å². The highest BCUT2D eigenvalue weighted by Crippen LogP contribution is 2.39. The number of likely N-dealkylation sites (tertiary alicyclic amines) is 1. The molecule has 0 radical (unpaired) electrons. The third-order valence-corrected chi connectivity index (χ3v) is 7.70. The van der Waals surface area contributed by atoms with E-state index in [0.717, 1.165) is 27.8 Å². The van der Waals surface area contributed by atoms with Crippen molar-refractivity contribution in [2.24, 2.45) is 11.3 Å². The first kappa shape index (κ1) is 27.5. The topological polar surface area (TPSA) is 64.8 Å². The molecule has 0 spiro atoms. The predicted octanol–water partition coefficient (Wildman–Crippen LogP) is 6.94. The SMILES string of the molecule is CCC(C)CC1(CC)CN(C)C1.Cc1cc2c(NCc3cccc(C#N)c3C)nnc(C)c2cc1F. The Balaban J connectivity index is 0.000000253. The van der Waals surface area contributed by atoms with Crippen molar-refractivity contribution in [3.8, 4) is 6.07 Å². The summed E-state index contributed by atoms with van der Waals surface area (Å²) < 4.78 is 13.8. The lowest BCUT2D eigenvalue weighted by Crippen LogP contribution is -2.54. The van der Waals surface area contributed by atoms with Gasteiger partial charge in [-0.1, -0.05) is 39.3 Å². The molecule has 2 aromatic carbocycles. The molecule has 36 heavy (non-hydrogen) atoms. The van der Waals surface area contributed by atoms with Crippen molar-refractivity contribution in [3.63, 3.8) is 0 Å². The summed E-state index contributed by atoms with van der Waals surface area (Å²) in [6.45, 7) is 15.7. The van der Waals surface area contributed by atoms with E-state index in [9.17, 15) is 4.39 Å². The lowest BCUT2D eigenvalue weighted by atomic mass is 9.71. The smallest absolute Gasteiger partial charge is 0.156 e. The van der Waals surface area contributed by atoms with Gasteiger partial charge in [0.25, 0.3) is 0 Å². The molecular weight excluding hydrogens is 449 g/mol. The van der Waals surface area contributed by atoms with Gasteiger partial charge >= 0.3 is 0 Å². The summed E-state index contributed by atoms with van der Waals surface area (Å²) in [5.41, 5.74) is 4.57. The molecule has 6 heteroatoms. The second kappa shape index (κ2) is 11.8. The molecule has 0 aliphatic carbocycles. The Labute approximate surface area is 215 Å². The Bertz CT molecular complexity index is 1240. The largest absolute Gasteiger partial charge is 0.364 e. The number of halogens is 1. The van der Waals surface area contributed by atoms with Crippen molar-refractivity contribution in [2.45, 2.75) is 67.3 Å². The van der Waals surface area contributed by atoms with E-state index in [1.54, 1.807) is 19.1 Å². The first-order chi connectivity index (χ1) is 17.1. The van der Waals surface area contributed by atoms with E-state index in [2.05, 4.69) is 54.3 Å². The standard InChI is InChI=1S/C19H17FN4.C11H23N/c1-11-7-17-16(8-18(11)20)13(3)23-24-19(17)22-10-15-6-4-5-14(9-21)12(15)2;1-5-10(3)7-11(6-2)8-12(4)9-11/h4-8H,10H2,1-3H3,(H,22,24);10H,5-9H2,1-4H3. The summed E-state index contributed by atoms with van der Waals surface area (Å²) in [7, 11) is 2.23. The van der Waals surface area contributed by atoms with Crippen LogP contribution in [-0.4, -0.2) is 35.2 Å². The first-order valence-electron chi connectivity index (χ1n) is 13.0. The van der Waals surface area contributed by atoms with Gasteiger partial charge in [0, 0.05) is 30.4 Å². The van der Waals surface area contributed by atoms with Crippen LogP contribution in [0.25, 0.3) is 10.8 Å². The maximum absolute atomic E-state index is 13.8. The summed E-state index contributed by atoms with van der Waals surface area (Å²) in [6.07, 6.45) is 4.14. The van der Waals surface area contributed by atoms with Crippen molar-refractivity contribution in [1.29, 1.82) is 5.26 Å². The highest BCUT2D eigenvalue weighted by atomic mass is 19.1. The molecule has 0 amide bonds. The fourth-order valence-corrected chi connectivity index (χ4v) is 5.19. The van der Waals surface area contributed by atoms with Gasteiger partial charge in [-0.05, 0) is 86.9 Å². The van der Waals surface area contributed by atoms with Crippen LogP contribution >= 0.6 is 0 Å². The summed E-state index contributed by atoms with van der Waals surface area (Å²) in [5, 5.41) is 22.3. The molecule has 5 nitrogen and oxygen atoms in total. The third-order valence-electron chi connectivity index (χ3n) is 7.70. The number of hydrogen-bond acceptors (Lipinski definition) is 5. The van der Waals surface area contributed by atoms with Crippen LogP contribution in [0.15, 0.2) is 30.3 Å². The Morgan fingerprint density at radius 3 is 2.47 bits per heavy atom. The minimum Gasteiger partial charge on any atom is -0.364 e. The van der Waals surface area contributed by atoms with Crippen molar-refractivity contribution in [3.05, 3.63) is 64.1 Å². The molecule has 1 aliphatic heterocycles. The van der Waals surface area contributed by atoms with Gasteiger partial charge in [-0.15, -0.1) is 5.10 Å².